The first-order valence-electron chi connectivity index (χ1n) is 8.17. The number of ether oxygens (including phenoxy) is 1. The van der Waals surface area contributed by atoms with Gasteiger partial charge in [0.1, 0.15) is 11.3 Å². The van der Waals surface area contributed by atoms with Crippen molar-refractivity contribution in [2.75, 3.05) is 0 Å². The Hall–Kier alpha value is -2.56. The number of hydrogen-bond acceptors (Lipinski definition) is 3. The van der Waals surface area contributed by atoms with E-state index in [0.29, 0.717) is 25.7 Å². The normalized spacial score (nSPS) is 23.6. The number of carbonyl (C=O) groups excluding carboxylic acids is 1. The number of amides is 1. The Labute approximate surface area is 140 Å². The Balaban J connectivity index is 1.73. The molecule has 0 heterocycles. The molecule has 1 aliphatic rings. The highest BCUT2D eigenvalue weighted by atomic mass is 16.5. The first kappa shape index (κ1) is 16.3. The Morgan fingerprint density at radius 1 is 1.12 bits per heavy atom. The highest BCUT2D eigenvalue weighted by Crippen LogP contribution is 2.33. The van der Waals surface area contributed by atoms with E-state index in [4.69, 9.17) is 4.74 Å². The van der Waals surface area contributed by atoms with Gasteiger partial charge in [0.05, 0.1) is 6.10 Å². The molecule has 0 radical (unpaired) electrons. The van der Waals surface area contributed by atoms with Gasteiger partial charge in [-0.2, -0.15) is 0 Å². The predicted octanol–water partition coefficient (Wildman–Crippen LogP) is 3.12. The van der Waals surface area contributed by atoms with E-state index < -0.39 is 11.5 Å². The van der Waals surface area contributed by atoms with Crippen molar-refractivity contribution in [2.24, 2.45) is 0 Å². The molecule has 0 saturated heterocycles. The Morgan fingerprint density at radius 3 is 2.46 bits per heavy atom. The Kier molecular flexibility index (Phi) is 4.42. The monoisotopic (exact) mass is 327 g/mol. The van der Waals surface area contributed by atoms with Gasteiger partial charge >= 0.3 is 5.97 Å². The lowest BCUT2D eigenvalue weighted by Crippen LogP contribution is -2.56. The maximum Gasteiger partial charge on any atom is 0.329 e. The third kappa shape index (κ3) is 3.20. The van der Waals surface area contributed by atoms with Gasteiger partial charge in [-0.15, -0.1) is 0 Å². The van der Waals surface area contributed by atoms with Crippen molar-refractivity contribution >= 4 is 22.6 Å². The van der Waals surface area contributed by atoms with Crippen LogP contribution in [0, 0.1) is 0 Å². The average molecular weight is 327 g/mol. The fourth-order valence-corrected chi connectivity index (χ4v) is 3.41. The number of benzene rings is 2. The van der Waals surface area contributed by atoms with Crippen LogP contribution in [0.15, 0.2) is 42.5 Å². The number of carboxylic acids is 1. The minimum atomic E-state index is -1.16. The van der Waals surface area contributed by atoms with E-state index in [2.05, 4.69) is 5.32 Å². The summed E-state index contributed by atoms with van der Waals surface area (Å²) in [5, 5.41) is 14.3. The van der Waals surface area contributed by atoms with Gasteiger partial charge < -0.3 is 15.2 Å². The van der Waals surface area contributed by atoms with Gasteiger partial charge in [0.2, 0.25) is 5.91 Å². The molecule has 0 spiro atoms. The maximum absolute atomic E-state index is 11.6. The lowest BCUT2D eigenvalue weighted by Gasteiger charge is -2.37. The number of carboxylic acid groups (broad SMARTS) is 1. The summed E-state index contributed by atoms with van der Waals surface area (Å²) in [6.07, 6.45) is 1.89. The van der Waals surface area contributed by atoms with Gasteiger partial charge in [-0.1, -0.05) is 36.4 Å². The minimum absolute atomic E-state index is 0.0444. The van der Waals surface area contributed by atoms with E-state index in [1.807, 2.05) is 42.5 Å². The SMILES string of the molecule is CC(=O)N[C@]1(C(=O)O)CC[C@H](Oc2cccc3ccccc23)CC1. The van der Waals surface area contributed by atoms with Crippen molar-refractivity contribution in [3.63, 3.8) is 0 Å². The molecular formula is C19H21NO4. The molecule has 0 aromatic heterocycles. The summed E-state index contributed by atoms with van der Waals surface area (Å²) in [7, 11) is 0. The molecule has 3 rings (SSSR count). The van der Waals surface area contributed by atoms with Gasteiger partial charge in [-0.3, -0.25) is 4.79 Å². The molecule has 24 heavy (non-hydrogen) atoms. The smallest absolute Gasteiger partial charge is 0.329 e. The van der Waals surface area contributed by atoms with Gasteiger partial charge in [0.25, 0.3) is 0 Å². The molecule has 0 bridgehead atoms. The number of fused-ring (bicyclic) bond motifs is 1. The van der Waals surface area contributed by atoms with Crippen LogP contribution in [0.4, 0.5) is 0 Å². The second kappa shape index (κ2) is 6.51. The third-order valence-electron chi connectivity index (χ3n) is 4.65. The molecule has 1 amide bonds. The summed E-state index contributed by atoms with van der Waals surface area (Å²) in [6.45, 7) is 1.35. The van der Waals surface area contributed by atoms with E-state index in [1.54, 1.807) is 0 Å². The topological polar surface area (TPSA) is 75.6 Å². The van der Waals surface area contributed by atoms with Crippen LogP contribution in [0.3, 0.4) is 0 Å². The van der Waals surface area contributed by atoms with Gasteiger partial charge in [-0.05, 0) is 37.1 Å². The fraction of sp³-hybridized carbons (Fsp3) is 0.368. The summed E-state index contributed by atoms with van der Waals surface area (Å²) in [5.41, 5.74) is -1.16. The highest BCUT2D eigenvalue weighted by molar-refractivity contribution is 5.88. The van der Waals surface area contributed by atoms with Crippen molar-refractivity contribution in [3.8, 4) is 5.75 Å². The van der Waals surface area contributed by atoms with Crippen LogP contribution < -0.4 is 10.1 Å². The molecular weight excluding hydrogens is 306 g/mol. The van der Waals surface area contributed by atoms with Gasteiger partial charge in [0.15, 0.2) is 0 Å². The zero-order chi connectivity index (χ0) is 17.2. The van der Waals surface area contributed by atoms with Crippen LogP contribution in [0.5, 0.6) is 5.75 Å². The third-order valence-corrected chi connectivity index (χ3v) is 4.65. The summed E-state index contributed by atoms with van der Waals surface area (Å²) in [6, 6.07) is 14.0. The predicted molar refractivity (Wildman–Crippen MR) is 91.0 cm³/mol. The summed E-state index contributed by atoms with van der Waals surface area (Å²) >= 11 is 0. The van der Waals surface area contributed by atoms with Gasteiger partial charge in [-0.25, -0.2) is 4.79 Å². The first-order chi connectivity index (χ1) is 11.5. The molecule has 0 atom stereocenters. The Bertz CT molecular complexity index is 758. The zero-order valence-corrected chi connectivity index (χ0v) is 13.6. The molecule has 5 heteroatoms. The molecule has 1 aliphatic carbocycles. The molecule has 2 N–H and O–H groups in total. The summed E-state index contributed by atoms with van der Waals surface area (Å²) in [4.78, 5) is 22.9. The standard InChI is InChI=1S/C19H21NO4/c1-13(21)20-19(18(22)23)11-9-15(10-12-19)24-17-8-4-6-14-5-2-3-7-16(14)17/h2-8,15H,9-12H2,1H3,(H,20,21)(H,22,23)/t15-,19+. The van der Waals surface area contributed by atoms with E-state index in [0.717, 1.165) is 16.5 Å². The highest BCUT2D eigenvalue weighted by Gasteiger charge is 2.43. The van der Waals surface area contributed by atoms with Crippen molar-refractivity contribution in [3.05, 3.63) is 42.5 Å². The van der Waals surface area contributed by atoms with Crippen LogP contribution >= 0.6 is 0 Å². The number of hydrogen-bond donors (Lipinski definition) is 2. The van der Waals surface area contributed by atoms with E-state index in [9.17, 15) is 14.7 Å². The van der Waals surface area contributed by atoms with E-state index in [-0.39, 0.29) is 12.0 Å². The zero-order valence-electron chi connectivity index (χ0n) is 13.6. The van der Waals surface area contributed by atoms with Crippen molar-refractivity contribution in [2.45, 2.75) is 44.2 Å². The molecule has 1 saturated carbocycles. The summed E-state index contributed by atoms with van der Waals surface area (Å²) < 4.78 is 6.14. The molecule has 126 valence electrons. The van der Waals surface area contributed by atoms with Crippen LogP contribution in [0.1, 0.15) is 32.6 Å². The van der Waals surface area contributed by atoms with Gasteiger partial charge in [0, 0.05) is 12.3 Å². The lowest BCUT2D eigenvalue weighted by molar-refractivity contribution is -0.149. The maximum atomic E-state index is 11.6. The molecule has 0 unspecified atom stereocenters. The number of carbonyl (C=O) groups is 2. The van der Waals surface area contributed by atoms with Crippen LogP contribution in [-0.2, 0) is 9.59 Å². The van der Waals surface area contributed by atoms with E-state index >= 15 is 0 Å². The van der Waals surface area contributed by atoms with Crippen LogP contribution in [0.25, 0.3) is 10.8 Å². The van der Waals surface area contributed by atoms with Crippen LogP contribution in [-0.4, -0.2) is 28.6 Å². The first-order valence-corrected chi connectivity index (χ1v) is 8.17. The Morgan fingerprint density at radius 2 is 1.79 bits per heavy atom. The molecule has 2 aromatic rings. The second-order valence-electron chi connectivity index (χ2n) is 6.36. The van der Waals surface area contributed by atoms with Crippen molar-refractivity contribution in [1.82, 2.24) is 5.32 Å². The van der Waals surface area contributed by atoms with E-state index in [1.165, 1.54) is 6.92 Å². The lowest BCUT2D eigenvalue weighted by atomic mass is 9.80. The number of rotatable bonds is 4. The summed E-state index contributed by atoms with van der Waals surface area (Å²) in [5.74, 6) is -0.465. The fourth-order valence-electron chi connectivity index (χ4n) is 3.41. The molecule has 1 fully saturated rings. The van der Waals surface area contributed by atoms with Crippen molar-refractivity contribution < 1.29 is 19.4 Å². The second-order valence-corrected chi connectivity index (χ2v) is 6.36. The molecule has 2 aromatic carbocycles. The average Bonchev–Trinajstić information content (AvgIpc) is 2.56. The number of nitrogens with one attached hydrogen (secondary N) is 1. The largest absolute Gasteiger partial charge is 0.490 e. The minimum Gasteiger partial charge on any atom is -0.490 e. The number of aliphatic carboxylic acids is 1. The molecule has 0 aliphatic heterocycles. The molecule has 5 nitrogen and oxygen atoms in total. The van der Waals surface area contributed by atoms with Crippen molar-refractivity contribution in [1.29, 1.82) is 0 Å². The quantitative estimate of drug-likeness (QED) is 0.904. The van der Waals surface area contributed by atoms with Crippen LogP contribution in [0.2, 0.25) is 0 Å².